The maximum absolute atomic E-state index is 12.5. The molecule has 1 heterocycles. The monoisotopic (exact) mass is 402 g/mol. The number of nitrogens with zero attached hydrogens (tertiary/aromatic N) is 1. The second kappa shape index (κ2) is 9.35. The Balaban J connectivity index is 2.26. The van der Waals surface area contributed by atoms with Gasteiger partial charge in [-0.1, -0.05) is 29.3 Å². The Morgan fingerprint density at radius 2 is 1.96 bits per heavy atom. The van der Waals surface area contributed by atoms with Crippen LogP contribution in [0, 0.1) is 0 Å². The van der Waals surface area contributed by atoms with Gasteiger partial charge in [-0.25, -0.2) is 0 Å². The van der Waals surface area contributed by atoms with Crippen molar-refractivity contribution in [3.05, 3.63) is 58.9 Å². The summed E-state index contributed by atoms with van der Waals surface area (Å²) in [7, 11) is 0. The molecule has 5 nitrogen and oxygen atoms in total. The van der Waals surface area contributed by atoms with Gasteiger partial charge in [-0.15, -0.1) is 6.58 Å². The number of alkyl halides is 2. The molecule has 2 aromatic rings. The minimum Gasteiger partial charge on any atom is -0.489 e. The molecule has 1 N–H and O–H groups in total. The second-order valence-electron chi connectivity index (χ2n) is 4.90. The molecule has 0 fully saturated rings. The lowest BCUT2D eigenvalue weighted by atomic mass is 10.2. The number of hydrogen-bond acceptors (Lipinski definition) is 4. The van der Waals surface area contributed by atoms with E-state index in [2.05, 4.69) is 21.6 Å². The third-order valence-electron chi connectivity index (χ3n) is 3.09. The van der Waals surface area contributed by atoms with Crippen LogP contribution >= 0.6 is 23.2 Å². The van der Waals surface area contributed by atoms with Gasteiger partial charge in [0.1, 0.15) is 0 Å². The third-order valence-corrected chi connectivity index (χ3v) is 3.67. The van der Waals surface area contributed by atoms with Crippen molar-refractivity contribution in [2.24, 2.45) is 0 Å². The predicted molar refractivity (Wildman–Crippen MR) is 95.6 cm³/mol. The van der Waals surface area contributed by atoms with E-state index in [1.54, 1.807) is 6.08 Å². The fourth-order valence-corrected chi connectivity index (χ4v) is 2.38. The number of anilines is 1. The molecule has 2 rings (SSSR count). The zero-order chi connectivity index (χ0) is 19.1. The average Bonchev–Trinajstić information content (AvgIpc) is 2.59. The minimum absolute atomic E-state index is 0.00622. The average molecular weight is 403 g/mol. The molecule has 138 valence electrons. The number of rotatable bonds is 8. The van der Waals surface area contributed by atoms with Gasteiger partial charge in [-0.2, -0.15) is 8.78 Å². The van der Waals surface area contributed by atoms with Gasteiger partial charge in [0.2, 0.25) is 0 Å². The van der Waals surface area contributed by atoms with Gasteiger partial charge in [0.05, 0.1) is 22.3 Å². The van der Waals surface area contributed by atoms with Crippen LogP contribution in [-0.4, -0.2) is 24.1 Å². The van der Waals surface area contributed by atoms with Crippen molar-refractivity contribution in [3.8, 4) is 11.5 Å². The molecule has 1 aromatic carbocycles. The van der Waals surface area contributed by atoms with E-state index in [0.717, 1.165) is 0 Å². The van der Waals surface area contributed by atoms with E-state index in [1.165, 1.54) is 30.6 Å². The quantitative estimate of drug-likeness (QED) is 0.487. The number of nitrogens with one attached hydrogen (secondary N) is 1. The molecule has 1 aromatic heterocycles. The van der Waals surface area contributed by atoms with E-state index in [0.29, 0.717) is 6.42 Å². The van der Waals surface area contributed by atoms with Crippen LogP contribution in [0.1, 0.15) is 16.8 Å². The summed E-state index contributed by atoms with van der Waals surface area (Å²) < 4.78 is 34.8. The van der Waals surface area contributed by atoms with Gasteiger partial charge in [-0.3, -0.25) is 9.78 Å². The van der Waals surface area contributed by atoms with E-state index in [-0.39, 0.29) is 39.4 Å². The highest BCUT2D eigenvalue weighted by atomic mass is 35.5. The van der Waals surface area contributed by atoms with Crippen molar-refractivity contribution in [2.75, 3.05) is 11.9 Å². The number of aromatic nitrogens is 1. The number of benzene rings is 1. The van der Waals surface area contributed by atoms with Crippen molar-refractivity contribution in [3.63, 3.8) is 0 Å². The molecular formula is C17H14Cl2F2N2O3. The van der Waals surface area contributed by atoms with Crippen LogP contribution in [0.2, 0.25) is 10.0 Å². The lowest BCUT2D eigenvalue weighted by molar-refractivity contribution is -0.0514. The van der Waals surface area contributed by atoms with E-state index in [9.17, 15) is 13.6 Å². The Bertz CT molecular complexity index is 783. The molecule has 0 radical (unpaired) electrons. The molecule has 0 unspecified atom stereocenters. The van der Waals surface area contributed by atoms with E-state index in [1.807, 2.05) is 0 Å². The number of carbonyl (C=O) groups is 1. The van der Waals surface area contributed by atoms with Gasteiger partial charge in [0.25, 0.3) is 5.91 Å². The first-order valence-corrected chi connectivity index (χ1v) is 8.11. The summed E-state index contributed by atoms with van der Waals surface area (Å²) in [6.45, 7) is 0.715. The first-order chi connectivity index (χ1) is 12.4. The summed E-state index contributed by atoms with van der Waals surface area (Å²) in [5.41, 5.74) is 0.333. The molecule has 0 saturated heterocycles. The van der Waals surface area contributed by atoms with Crippen LogP contribution in [0.15, 0.2) is 43.2 Å². The molecule has 0 aliphatic carbocycles. The maximum atomic E-state index is 12.5. The number of carbonyl (C=O) groups excluding carboxylic acids is 1. The second-order valence-corrected chi connectivity index (χ2v) is 5.71. The first kappa shape index (κ1) is 19.9. The highest BCUT2D eigenvalue weighted by molar-refractivity contribution is 6.39. The molecule has 0 bridgehead atoms. The molecular weight excluding hydrogens is 389 g/mol. The summed E-state index contributed by atoms with van der Waals surface area (Å²) in [6.07, 6.45) is 4.75. The first-order valence-electron chi connectivity index (χ1n) is 7.35. The topological polar surface area (TPSA) is 60.5 Å². The Kier molecular flexibility index (Phi) is 7.17. The van der Waals surface area contributed by atoms with Crippen LogP contribution in [0.4, 0.5) is 14.5 Å². The van der Waals surface area contributed by atoms with Crippen LogP contribution < -0.4 is 14.8 Å². The normalized spacial score (nSPS) is 10.5. The summed E-state index contributed by atoms with van der Waals surface area (Å²) >= 11 is 11.9. The standard InChI is InChI=1S/C17H14Cl2F2N2O3/c1-2-3-6-25-14-7-10(4-5-13(14)26-17(20)21)16(24)23-15-11(18)8-22-9-12(15)19/h2,4-5,7-9,17H,1,3,6H2,(H,22,23,24). The van der Waals surface area contributed by atoms with Crippen molar-refractivity contribution < 1.29 is 23.0 Å². The van der Waals surface area contributed by atoms with E-state index >= 15 is 0 Å². The van der Waals surface area contributed by atoms with Gasteiger partial charge >= 0.3 is 6.61 Å². The summed E-state index contributed by atoms with van der Waals surface area (Å²) in [5.74, 6) is -0.732. The van der Waals surface area contributed by atoms with Crippen LogP contribution in [0.3, 0.4) is 0 Å². The zero-order valence-electron chi connectivity index (χ0n) is 13.3. The summed E-state index contributed by atoms with van der Waals surface area (Å²) in [6, 6.07) is 3.83. The van der Waals surface area contributed by atoms with Crippen molar-refractivity contribution in [1.29, 1.82) is 0 Å². The molecule has 1 amide bonds. The van der Waals surface area contributed by atoms with E-state index in [4.69, 9.17) is 27.9 Å². The Morgan fingerprint density at radius 3 is 2.58 bits per heavy atom. The molecule has 0 saturated carbocycles. The van der Waals surface area contributed by atoms with E-state index < -0.39 is 12.5 Å². The van der Waals surface area contributed by atoms with Crippen molar-refractivity contribution in [2.45, 2.75) is 13.0 Å². The number of halogens is 4. The van der Waals surface area contributed by atoms with Gasteiger partial charge in [-0.05, 0) is 24.6 Å². The largest absolute Gasteiger partial charge is 0.489 e. The number of hydrogen-bond donors (Lipinski definition) is 1. The lowest BCUT2D eigenvalue weighted by Crippen LogP contribution is -2.13. The van der Waals surface area contributed by atoms with Crippen LogP contribution in [0.5, 0.6) is 11.5 Å². The van der Waals surface area contributed by atoms with Gasteiger partial charge in [0, 0.05) is 18.0 Å². The molecule has 0 aliphatic rings. The van der Waals surface area contributed by atoms with Crippen LogP contribution in [-0.2, 0) is 0 Å². The van der Waals surface area contributed by atoms with Gasteiger partial charge in [0.15, 0.2) is 11.5 Å². The third kappa shape index (κ3) is 5.31. The number of pyridine rings is 1. The van der Waals surface area contributed by atoms with Crippen LogP contribution in [0.25, 0.3) is 0 Å². The molecule has 0 spiro atoms. The summed E-state index contributed by atoms with van der Waals surface area (Å²) in [5, 5.41) is 2.86. The molecule has 0 atom stereocenters. The maximum Gasteiger partial charge on any atom is 0.387 e. The fourth-order valence-electron chi connectivity index (χ4n) is 1.92. The fraction of sp³-hybridized carbons (Fsp3) is 0.176. The molecule has 0 aliphatic heterocycles. The zero-order valence-corrected chi connectivity index (χ0v) is 14.9. The smallest absolute Gasteiger partial charge is 0.387 e. The Hall–Kier alpha value is -2.38. The lowest BCUT2D eigenvalue weighted by Gasteiger charge is -2.14. The molecule has 9 heteroatoms. The molecule has 26 heavy (non-hydrogen) atoms. The highest BCUT2D eigenvalue weighted by Crippen LogP contribution is 2.32. The minimum atomic E-state index is -3.02. The Morgan fingerprint density at radius 1 is 1.27 bits per heavy atom. The number of amides is 1. The van der Waals surface area contributed by atoms with Crippen molar-refractivity contribution >= 4 is 34.8 Å². The Labute approximate surface area is 158 Å². The van der Waals surface area contributed by atoms with Gasteiger partial charge < -0.3 is 14.8 Å². The number of ether oxygens (including phenoxy) is 2. The summed E-state index contributed by atoms with van der Waals surface area (Å²) in [4.78, 5) is 16.2. The van der Waals surface area contributed by atoms with Crippen molar-refractivity contribution in [1.82, 2.24) is 4.98 Å². The predicted octanol–water partition coefficient (Wildman–Crippen LogP) is 5.20. The highest BCUT2D eigenvalue weighted by Gasteiger charge is 2.17. The SMILES string of the molecule is C=CCCOc1cc(C(=O)Nc2c(Cl)cncc2Cl)ccc1OC(F)F.